The van der Waals surface area contributed by atoms with Crippen molar-refractivity contribution in [3.8, 4) is 5.69 Å². The topological polar surface area (TPSA) is 79.5 Å². The van der Waals surface area contributed by atoms with E-state index in [1.165, 1.54) is 18.2 Å². The van der Waals surface area contributed by atoms with Gasteiger partial charge in [0.1, 0.15) is 0 Å². The van der Waals surface area contributed by atoms with Gasteiger partial charge in [0.15, 0.2) is 0 Å². The zero-order valence-corrected chi connectivity index (χ0v) is 11.4. The predicted octanol–water partition coefficient (Wildman–Crippen LogP) is 3.09. The molecule has 0 unspecified atom stereocenters. The number of aromatic nitrogens is 1. The van der Waals surface area contributed by atoms with Crippen LogP contribution in [0, 0.1) is 0 Å². The van der Waals surface area contributed by atoms with Gasteiger partial charge in [0.2, 0.25) is 0 Å². The lowest BCUT2D eigenvalue weighted by Crippen LogP contribution is -2.06. The Kier molecular flexibility index (Phi) is 3.81. The van der Waals surface area contributed by atoms with Crippen LogP contribution < -0.4 is 0 Å². The summed E-state index contributed by atoms with van der Waals surface area (Å²) in [4.78, 5) is 22.2. The lowest BCUT2D eigenvalue weighted by atomic mass is 10.1. The van der Waals surface area contributed by atoms with Crippen LogP contribution in [0.15, 0.2) is 30.5 Å². The number of carbonyl (C=O) groups is 2. The fourth-order valence-corrected chi connectivity index (χ4v) is 2.29. The summed E-state index contributed by atoms with van der Waals surface area (Å²) in [6, 6.07) is 6.06. The molecule has 104 valence electrons. The van der Waals surface area contributed by atoms with E-state index in [1.807, 2.05) is 6.92 Å². The van der Waals surface area contributed by atoms with Gasteiger partial charge in [-0.1, -0.05) is 18.5 Å². The maximum absolute atomic E-state index is 11.1. The number of benzene rings is 1. The fourth-order valence-electron chi connectivity index (χ4n) is 2.09. The lowest BCUT2D eigenvalue weighted by Gasteiger charge is -2.10. The van der Waals surface area contributed by atoms with E-state index in [4.69, 9.17) is 21.8 Å². The Morgan fingerprint density at radius 1 is 1.15 bits per heavy atom. The standard InChI is InChI=1S/C14H12ClNO4/c1-2-12-9(13(17)18)5-6-16(12)8-3-4-11(15)10(7-8)14(19)20/h3-7H,2H2,1H3,(H,17,18)(H,19,20). The Morgan fingerprint density at radius 2 is 1.80 bits per heavy atom. The van der Waals surface area contributed by atoms with Crippen LogP contribution >= 0.6 is 11.6 Å². The highest BCUT2D eigenvalue weighted by atomic mass is 35.5. The highest BCUT2D eigenvalue weighted by Crippen LogP contribution is 2.23. The molecular formula is C14H12ClNO4. The first-order valence-corrected chi connectivity index (χ1v) is 6.30. The summed E-state index contributed by atoms with van der Waals surface area (Å²) in [7, 11) is 0. The minimum absolute atomic E-state index is 0.0169. The van der Waals surface area contributed by atoms with Gasteiger partial charge in [0.05, 0.1) is 16.1 Å². The minimum atomic E-state index is -1.12. The smallest absolute Gasteiger partial charge is 0.337 e. The molecule has 1 aromatic carbocycles. The number of hydrogen-bond donors (Lipinski definition) is 2. The summed E-state index contributed by atoms with van der Waals surface area (Å²) in [6.45, 7) is 1.84. The maximum Gasteiger partial charge on any atom is 0.337 e. The Bertz CT molecular complexity index is 690. The molecule has 2 N–H and O–H groups in total. The molecule has 0 saturated heterocycles. The predicted molar refractivity (Wildman–Crippen MR) is 74.1 cm³/mol. The summed E-state index contributed by atoms with van der Waals surface area (Å²) >= 11 is 5.82. The average molecular weight is 294 g/mol. The molecule has 0 bridgehead atoms. The molecule has 0 aliphatic rings. The molecule has 2 aromatic rings. The molecule has 0 aliphatic heterocycles. The first kappa shape index (κ1) is 14.1. The van der Waals surface area contributed by atoms with Crippen molar-refractivity contribution < 1.29 is 19.8 Å². The van der Waals surface area contributed by atoms with Crippen molar-refractivity contribution >= 4 is 23.5 Å². The normalized spacial score (nSPS) is 10.5. The van der Waals surface area contributed by atoms with E-state index in [9.17, 15) is 9.59 Å². The molecule has 0 radical (unpaired) electrons. The maximum atomic E-state index is 11.1. The van der Waals surface area contributed by atoms with E-state index >= 15 is 0 Å². The van der Waals surface area contributed by atoms with Crippen molar-refractivity contribution in [2.75, 3.05) is 0 Å². The van der Waals surface area contributed by atoms with Crippen molar-refractivity contribution in [2.45, 2.75) is 13.3 Å². The van der Waals surface area contributed by atoms with Crippen LogP contribution in [0.25, 0.3) is 5.69 Å². The number of carboxylic acids is 2. The second-order valence-electron chi connectivity index (χ2n) is 4.17. The van der Waals surface area contributed by atoms with Gasteiger partial charge in [0.25, 0.3) is 0 Å². The molecule has 0 atom stereocenters. The third-order valence-electron chi connectivity index (χ3n) is 3.02. The van der Waals surface area contributed by atoms with Crippen LogP contribution in [-0.2, 0) is 6.42 Å². The summed E-state index contributed by atoms with van der Waals surface area (Å²) in [5.41, 5.74) is 1.36. The molecular weight excluding hydrogens is 282 g/mol. The largest absolute Gasteiger partial charge is 0.478 e. The van der Waals surface area contributed by atoms with Gasteiger partial charge in [-0.2, -0.15) is 0 Å². The zero-order valence-electron chi connectivity index (χ0n) is 10.6. The van der Waals surface area contributed by atoms with Gasteiger partial charge in [-0.05, 0) is 30.7 Å². The van der Waals surface area contributed by atoms with Gasteiger partial charge in [-0.15, -0.1) is 0 Å². The quantitative estimate of drug-likeness (QED) is 0.908. The van der Waals surface area contributed by atoms with Crippen LogP contribution in [0.5, 0.6) is 0 Å². The number of nitrogens with zero attached hydrogens (tertiary/aromatic N) is 1. The monoisotopic (exact) mass is 293 g/mol. The SMILES string of the molecule is CCc1c(C(=O)O)ccn1-c1ccc(Cl)c(C(=O)O)c1. The van der Waals surface area contributed by atoms with Crippen molar-refractivity contribution in [2.24, 2.45) is 0 Å². The molecule has 0 fully saturated rings. The lowest BCUT2D eigenvalue weighted by molar-refractivity contribution is 0.0685. The molecule has 0 saturated carbocycles. The van der Waals surface area contributed by atoms with Gasteiger partial charge in [-0.25, -0.2) is 9.59 Å². The molecule has 20 heavy (non-hydrogen) atoms. The van der Waals surface area contributed by atoms with E-state index < -0.39 is 11.9 Å². The Balaban J connectivity index is 2.60. The summed E-state index contributed by atoms with van der Waals surface area (Å²) < 4.78 is 1.66. The number of halogens is 1. The Labute approximate surface area is 120 Å². The fraction of sp³-hybridized carbons (Fsp3) is 0.143. The highest BCUT2D eigenvalue weighted by Gasteiger charge is 2.16. The van der Waals surface area contributed by atoms with E-state index in [2.05, 4.69) is 0 Å². The first-order valence-electron chi connectivity index (χ1n) is 5.92. The van der Waals surface area contributed by atoms with Crippen LogP contribution in [0.4, 0.5) is 0 Å². The molecule has 5 nitrogen and oxygen atoms in total. The molecule has 1 heterocycles. The number of aromatic carboxylic acids is 2. The van der Waals surface area contributed by atoms with E-state index in [-0.39, 0.29) is 16.1 Å². The highest BCUT2D eigenvalue weighted by molar-refractivity contribution is 6.33. The van der Waals surface area contributed by atoms with E-state index in [0.29, 0.717) is 17.8 Å². The van der Waals surface area contributed by atoms with Crippen LogP contribution in [-0.4, -0.2) is 26.7 Å². The molecule has 6 heteroatoms. The van der Waals surface area contributed by atoms with Crippen molar-refractivity contribution in [3.05, 3.63) is 52.3 Å². The van der Waals surface area contributed by atoms with Crippen LogP contribution in [0.2, 0.25) is 5.02 Å². The molecule has 0 amide bonds. The van der Waals surface area contributed by atoms with Gasteiger partial charge in [-0.3, -0.25) is 0 Å². The van der Waals surface area contributed by atoms with Gasteiger partial charge < -0.3 is 14.8 Å². The second-order valence-corrected chi connectivity index (χ2v) is 4.58. The van der Waals surface area contributed by atoms with E-state index in [1.54, 1.807) is 16.8 Å². The second kappa shape index (κ2) is 5.38. The van der Waals surface area contributed by atoms with E-state index in [0.717, 1.165) is 0 Å². The van der Waals surface area contributed by atoms with Gasteiger partial charge in [0, 0.05) is 17.6 Å². The van der Waals surface area contributed by atoms with Gasteiger partial charge >= 0.3 is 11.9 Å². The summed E-state index contributed by atoms with van der Waals surface area (Å²) in [5, 5.41) is 18.3. The Morgan fingerprint density at radius 3 is 2.35 bits per heavy atom. The third-order valence-corrected chi connectivity index (χ3v) is 3.35. The number of rotatable bonds is 4. The molecule has 0 aliphatic carbocycles. The van der Waals surface area contributed by atoms with Crippen LogP contribution in [0.3, 0.4) is 0 Å². The summed E-state index contributed by atoms with van der Waals surface area (Å²) in [6.07, 6.45) is 2.12. The number of hydrogen-bond acceptors (Lipinski definition) is 2. The first-order chi connectivity index (χ1) is 9.45. The van der Waals surface area contributed by atoms with Crippen molar-refractivity contribution in [3.63, 3.8) is 0 Å². The minimum Gasteiger partial charge on any atom is -0.478 e. The van der Waals surface area contributed by atoms with Crippen molar-refractivity contribution in [1.29, 1.82) is 0 Å². The molecule has 1 aromatic heterocycles. The number of carboxylic acid groups (broad SMARTS) is 2. The average Bonchev–Trinajstić information content (AvgIpc) is 2.82. The van der Waals surface area contributed by atoms with Crippen molar-refractivity contribution in [1.82, 2.24) is 4.57 Å². The summed E-state index contributed by atoms with van der Waals surface area (Å²) in [5.74, 6) is -2.13. The van der Waals surface area contributed by atoms with Crippen LogP contribution in [0.1, 0.15) is 33.3 Å². The molecule has 2 rings (SSSR count). The molecule has 0 spiro atoms. The Hall–Kier alpha value is -2.27. The third kappa shape index (κ3) is 2.40. The zero-order chi connectivity index (χ0) is 14.9.